The molecule has 1 heterocycles. The van der Waals surface area contributed by atoms with Gasteiger partial charge in [-0.05, 0) is 68.8 Å². The van der Waals surface area contributed by atoms with Crippen LogP contribution in [0.3, 0.4) is 0 Å². The minimum Gasteiger partial charge on any atom is -0.399 e. The number of oxime groups is 1. The highest BCUT2D eigenvalue weighted by molar-refractivity contribution is 6.30. The number of halogens is 1. The Hall–Kier alpha value is -1.06. The zero-order valence-corrected chi connectivity index (χ0v) is 13.4. The molecule has 1 unspecified atom stereocenters. The highest BCUT2D eigenvalue weighted by Gasteiger charge is 2.34. The van der Waals surface area contributed by atoms with E-state index in [9.17, 15) is 0 Å². The van der Waals surface area contributed by atoms with Crippen LogP contribution in [0.4, 0.5) is 0 Å². The van der Waals surface area contributed by atoms with Crippen LogP contribution in [0.25, 0.3) is 0 Å². The lowest BCUT2D eigenvalue weighted by atomic mass is 9.84. The maximum atomic E-state index is 5.94. The van der Waals surface area contributed by atoms with Gasteiger partial charge >= 0.3 is 0 Å². The van der Waals surface area contributed by atoms with E-state index in [1.165, 1.54) is 50.0 Å². The van der Waals surface area contributed by atoms with Gasteiger partial charge in [-0.3, -0.25) is 4.90 Å². The number of hydrogen-bond acceptors (Lipinski definition) is 3. The van der Waals surface area contributed by atoms with Gasteiger partial charge < -0.3 is 4.84 Å². The highest BCUT2D eigenvalue weighted by Crippen LogP contribution is 2.29. The Morgan fingerprint density at radius 3 is 2.48 bits per heavy atom. The average Bonchev–Trinajstić information content (AvgIpc) is 2.48. The van der Waals surface area contributed by atoms with Crippen molar-refractivity contribution in [3.63, 3.8) is 0 Å². The third kappa shape index (κ3) is 3.58. The molecular formula is C17H23ClN2O. The Bertz CT molecular complexity index is 492. The van der Waals surface area contributed by atoms with Gasteiger partial charge in [0.15, 0.2) is 0 Å². The molecule has 1 aromatic rings. The Balaban J connectivity index is 1.49. The van der Waals surface area contributed by atoms with Crippen molar-refractivity contribution in [1.82, 2.24) is 4.90 Å². The molecular weight excluding hydrogens is 284 g/mol. The van der Waals surface area contributed by atoms with Crippen molar-refractivity contribution in [2.75, 3.05) is 20.2 Å². The van der Waals surface area contributed by atoms with Crippen molar-refractivity contribution < 1.29 is 4.84 Å². The van der Waals surface area contributed by atoms with Crippen molar-refractivity contribution in [2.45, 2.75) is 38.1 Å². The third-order valence-electron chi connectivity index (χ3n) is 4.79. The lowest BCUT2D eigenvalue weighted by Crippen LogP contribution is -2.51. The summed E-state index contributed by atoms with van der Waals surface area (Å²) in [6.45, 7) is 2.37. The molecule has 1 aliphatic heterocycles. The smallest absolute Gasteiger partial charge is 0.106 e. The normalized spacial score (nSPS) is 25.8. The van der Waals surface area contributed by atoms with E-state index in [1.807, 2.05) is 12.1 Å². The number of benzene rings is 1. The summed E-state index contributed by atoms with van der Waals surface area (Å²) in [5, 5.41) is 4.97. The Kier molecular flexibility index (Phi) is 4.81. The predicted molar refractivity (Wildman–Crippen MR) is 86.9 cm³/mol. The maximum absolute atomic E-state index is 5.94. The molecule has 0 radical (unpaired) electrons. The van der Waals surface area contributed by atoms with Crippen LogP contribution < -0.4 is 0 Å². The van der Waals surface area contributed by atoms with Crippen molar-refractivity contribution in [2.24, 2.45) is 11.1 Å². The van der Waals surface area contributed by atoms with E-state index in [1.54, 1.807) is 7.11 Å². The lowest BCUT2D eigenvalue weighted by molar-refractivity contribution is 0.136. The molecule has 114 valence electrons. The van der Waals surface area contributed by atoms with Gasteiger partial charge in [0.2, 0.25) is 0 Å². The molecule has 4 heteroatoms. The van der Waals surface area contributed by atoms with E-state index >= 15 is 0 Å². The fourth-order valence-electron chi connectivity index (χ4n) is 3.44. The van der Waals surface area contributed by atoms with Gasteiger partial charge in [0, 0.05) is 5.02 Å². The summed E-state index contributed by atoms with van der Waals surface area (Å²) in [7, 11) is 1.64. The number of hydrogen-bond donors (Lipinski definition) is 0. The van der Waals surface area contributed by atoms with E-state index in [-0.39, 0.29) is 0 Å². The molecule has 1 aliphatic carbocycles. The summed E-state index contributed by atoms with van der Waals surface area (Å²) in [5.41, 5.74) is 2.64. The molecule has 21 heavy (non-hydrogen) atoms. The summed E-state index contributed by atoms with van der Waals surface area (Å²) >= 11 is 5.94. The molecule has 1 aromatic carbocycles. The first-order valence-electron chi connectivity index (χ1n) is 7.84. The van der Waals surface area contributed by atoms with Gasteiger partial charge in [0.05, 0.1) is 11.8 Å². The average molecular weight is 307 g/mol. The monoisotopic (exact) mass is 306 g/mol. The molecule has 3 nitrogen and oxygen atoms in total. The summed E-state index contributed by atoms with van der Waals surface area (Å²) < 4.78 is 0. The van der Waals surface area contributed by atoms with Crippen molar-refractivity contribution in [1.29, 1.82) is 0 Å². The van der Waals surface area contributed by atoms with Crippen LogP contribution in [0.2, 0.25) is 5.02 Å². The van der Waals surface area contributed by atoms with Crippen molar-refractivity contribution in [3.8, 4) is 0 Å². The first kappa shape index (κ1) is 14.9. The molecule has 2 aliphatic rings. The van der Waals surface area contributed by atoms with Gasteiger partial charge in [-0.1, -0.05) is 28.9 Å². The molecule has 1 atom stereocenters. The largest absolute Gasteiger partial charge is 0.399 e. The quantitative estimate of drug-likeness (QED) is 0.791. The molecule has 0 spiro atoms. The number of piperidine rings is 1. The van der Waals surface area contributed by atoms with Crippen LogP contribution in [0.15, 0.2) is 29.4 Å². The van der Waals surface area contributed by atoms with Crippen LogP contribution in [0.1, 0.15) is 31.2 Å². The zero-order valence-electron chi connectivity index (χ0n) is 12.6. The second kappa shape index (κ2) is 6.80. The molecule has 1 saturated heterocycles. The fraction of sp³-hybridized carbons (Fsp3) is 0.588. The van der Waals surface area contributed by atoms with Crippen LogP contribution in [0.5, 0.6) is 0 Å². The minimum atomic E-state index is 0.543. The number of rotatable bonds is 4. The molecule has 0 N–H and O–H groups in total. The summed E-state index contributed by atoms with van der Waals surface area (Å²) in [4.78, 5) is 7.51. The topological polar surface area (TPSA) is 24.8 Å². The molecule has 3 rings (SSSR count). The predicted octanol–water partition coefficient (Wildman–Crippen LogP) is 3.76. The maximum Gasteiger partial charge on any atom is 0.106 e. The summed E-state index contributed by atoms with van der Waals surface area (Å²) in [6, 6.07) is 8.84. The van der Waals surface area contributed by atoms with Crippen molar-refractivity contribution >= 4 is 17.3 Å². The van der Waals surface area contributed by atoms with E-state index < -0.39 is 0 Å². The van der Waals surface area contributed by atoms with E-state index in [0.29, 0.717) is 6.04 Å². The molecule has 2 fully saturated rings. The van der Waals surface area contributed by atoms with Gasteiger partial charge in [0.25, 0.3) is 0 Å². The second-order valence-electron chi connectivity index (χ2n) is 6.13. The molecule has 0 aromatic heterocycles. The third-order valence-corrected chi connectivity index (χ3v) is 5.05. The standard InChI is InChI=1S/C17H23ClN2O/c1-21-19-16-6-7-17(16)20-10-8-14(9-11-20)12-13-2-4-15(18)5-3-13/h2-5,14,17H,6-12H2,1H3/b19-16+. The van der Waals surface area contributed by atoms with E-state index in [4.69, 9.17) is 16.4 Å². The van der Waals surface area contributed by atoms with Crippen LogP contribution in [-0.4, -0.2) is 36.9 Å². The van der Waals surface area contributed by atoms with Gasteiger partial charge in [-0.2, -0.15) is 0 Å². The highest BCUT2D eigenvalue weighted by atomic mass is 35.5. The minimum absolute atomic E-state index is 0.543. The first-order chi connectivity index (χ1) is 10.3. The van der Waals surface area contributed by atoms with Crippen LogP contribution in [-0.2, 0) is 11.3 Å². The van der Waals surface area contributed by atoms with Gasteiger partial charge in [-0.15, -0.1) is 0 Å². The lowest BCUT2D eigenvalue weighted by Gasteiger charge is -2.42. The van der Waals surface area contributed by atoms with Crippen LogP contribution in [0, 0.1) is 5.92 Å². The molecule has 1 saturated carbocycles. The van der Waals surface area contributed by atoms with Crippen LogP contribution >= 0.6 is 11.6 Å². The second-order valence-corrected chi connectivity index (χ2v) is 6.57. The zero-order chi connectivity index (χ0) is 14.7. The van der Waals surface area contributed by atoms with E-state index in [2.05, 4.69) is 22.2 Å². The Labute approximate surface area is 131 Å². The number of nitrogens with zero attached hydrogens (tertiary/aromatic N) is 2. The molecule has 0 bridgehead atoms. The summed E-state index contributed by atoms with van der Waals surface area (Å²) in [6.07, 6.45) is 6.07. The fourth-order valence-corrected chi connectivity index (χ4v) is 3.57. The summed E-state index contributed by atoms with van der Waals surface area (Å²) in [5.74, 6) is 0.797. The van der Waals surface area contributed by atoms with E-state index in [0.717, 1.165) is 17.4 Å². The SMILES string of the molecule is CO/N=C1\CCC1N1CCC(Cc2ccc(Cl)cc2)CC1. The van der Waals surface area contributed by atoms with Crippen molar-refractivity contribution in [3.05, 3.63) is 34.9 Å². The Morgan fingerprint density at radius 2 is 1.90 bits per heavy atom. The van der Waals surface area contributed by atoms with Gasteiger partial charge in [0.1, 0.15) is 7.11 Å². The number of likely N-dealkylation sites (tertiary alicyclic amines) is 1. The Morgan fingerprint density at radius 1 is 1.19 bits per heavy atom. The van der Waals surface area contributed by atoms with Gasteiger partial charge in [-0.25, -0.2) is 0 Å². The molecule has 0 amide bonds. The first-order valence-corrected chi connectivity index (χ1v) is 8.22.